The largest absolute Gasteiger partial charge is 0.480 e. The molecule has 0 aliphatic rings. The van der Waals surface area contributed by atoms with Crippen molar-refractivity contribution in [1.29, 1.82) is 0 Å². The van der Waals surface area contributed by atoms with E-state index in [1.165, 1.54) is 0 Å². The highest BCUT2D eigenvalue weighted by Gasteiger charge is 2.25. The number of hydrogen-bond acceptors (Lipinski definition) is 3. The Hall–Kier alpha value is -2.37. The minimum atomic E-state index is -1.05. The number of carbonyl (C=O) groups is 2. The van der Waals surface area contributed by atoms with Crippen LogP contribution in [0.25, 0.3) is 5.65 Å². The number of nitrogens with one attached hydrogen (secondary N) is 1. The van der Waals surface area contributed by atoms with E-state index in [1.807, 2.05) is 19.1 Å². The molecular formula is C14H17N3O3. The molecule has 1 atom stereocenters. The van der Waals surface area contributed by atoms with Crippen LogP contribution in [0.4, 0.5) is 0 Å². The quantitative estimate of drug-likeness (QED) is 0.885. The van der Waals surface area contributed by atoms with E-state index in [1.54, 1.807) is 30.6 Å². The third kappa shape index (κ3) is 2.64. The van der Waals surface area contributed by atoms with Crippen molar-refractivity contribution in [3.63, 3.8) is 0 Å². The molecule has 0 aromatic carbocycles. The van der Waals surface area contributed by atoms with Crippen LogP contribution >= 0.6 is 0 Å². The molecular weight excluding hydrogens is 258 g/mol. The van der Waals surface area contributed by atoms with Gasteiger partial charge in [0, 0.05) is 12.4 Å². The molecule has 2 aromatic rings. The van der Waals surface area contributed by atoms with Gasteiger partial charge < -0.3 is 14.8 Å². The predicted molar refractivity (Wildman–Crippen MR) is 73.7 cm³/mol. The number of aromatic nitrogens is 2. The summed E-state index contributed by atoms with van der Waals surface area (Å²) in [7, 11) is 0. The first-order valence-corrected chi connectivity index (χ1v) is 6.38. The Kier molecular flexibility index (Phi) is 3.74. The van der Waals surface area contributed by atoms with E-state index in [-0.39, 0.29) is 11.6 Å². The minimum absolute atomic E-state index is 0.199. The van der Waals surface area contributed by atoms with Crippen LogP contribution in [0.1, 0.15) is 29.9 Å². The Morgan fingerprint density at radius 1 is 1.40 bits per heavy atom. The summed E-state index contributed by atoms with van der Waals surface area (Å²) >= 11 is 0. The standard InChI is InChI=1S/C14H17N3O3/c1-8(2)11(14(19)20)16-13(18)10-7-17-6-4-5-9(3)12(17)15-10/h4-8,11H,1-3H3,(H,16,18)(H,19,20). The number of nitrogens with zero attached hydrogens (tertiary/aromatic N) is 2. The van der Waals surface area contributed by atoms with E-state index in [2.05, 4.69) is 10.3 Å². The highest BCUT2D eigenvalue weighted by molar-refractivity contribution is 5.95. The summed E-state index contributed by atoms with van der Waals surface area (Å²) in [5, 5.41) is 11.6. The topological polar surface area (TPSA) is 83.7 Å². The maximum absolute atomic E-state index is 12.1. The third-order valence-electron chi connectivity index (χ3n) is 3.13. The fourth-order valence-corrected chi connectivity index (χ4v) is 1.99. The lowest BCUT2D eigenvalue weighted by atomic mass is 10.0. The van der Waals surface area contributed by atoms with Gasteiger partial charge in [0.15, 0.2) is 0 Å². The van der Waals surface area contributed by atoms with Gasteiger partial charge in [-0.3, -0.25) is 4.79 Å². The first kappa shape index (κ1) is 14.0. The van der Waals surface area contributed by atoms with E-state index in [0.29, 0.717) is 5.65 Å². The molecule has 2 rings (SSSR count). The number of aliphatic carboxylic acids is 1. The maximum atomic E-state index is 12.1. The van der Waals surface area contributed by atoms with E-state index in [9.17, 15) is 9.59 Å². The van der Waals surface area contributed by atoms with Crippen molar-refractivity contribution in [2.24, 2.45) is 5.92 Å². The number of carboxylic acid groups (broad SMARTS) is 1. The van der Waals surface area contributed by atoms with Crippen LogP contribution in [0.5, 0.6) is 0 Å². The van der Waals surface area contributed by atoms with Gasteiger partial charge in [-0.15, -0.1) is 0 Å². The Balaban J connectivity index is 2.27. The molecule has 2 N–H and O–H groups in total. The van der Waals surface area contributed by atoms with Crippen molar-refractivity contribution in [2.75, 3.05) is 0 Å². The van der Waals surface area contributed by atoms with Crippen molar-refractivity contribution in [3.05, 3.63) is 35.8 Å². The van der Waals surface area contributed by atoms with Crippen LogP contribution in [0.2, 0.25) is 0 Å². The number of amides is 1. The van der Waals surface area contributed by atoms with Crippen molar-refractivity contribution >= 4 is 17.5 Å². The van der Waals surface area contributed by atoms with Gasteiger partial charge in [-0.2, -0.15) is 0 Å². The molecule has 0 saturated heterocycles. The maximum Gasteiger partial charge on any atom is 0.326 e. The van der Waals surface area contributed by atoms with Crippen LogP contribution in [0.3, 0.4) is 0 Å². The van der Waals surface area contributed by atoms with Crippen LogP contribution in [0, 0.1) is 12.8 Å². The second-order valence-electron chi connectivity index (χ2n) is 5.08. The van der Waals surface area contributed by atoms with Crippen LogP contribution in [-0.2, 0) is 4.79 Å². The zero-order chi connectivity index (χ0) is 14.9. The van der Waals surface area contributed by atoms with Crippen LogP contribution < -0.4 is 5.32 Å². The number of rotatable bonds is 4. The number of imidazole rings is 1. The summed E-state index contributed by atoms with van der Waals surface area (Å²) < 4.78 is 1.75. The van der Waals surface area contributed by atoms with Gasteiger partial charge >= 0.3 is 5.97 Å². The van der Waals surface area contributed by atoms with Gasteiger partial charge in [-0.25, -0.2) is 9.78 Å². The van der Waals surface area contributed by atoms with Crippen LogP contribution in [0.15, 0.2) is 24.5 Å². The molecule has 2 heterocycles. The molecule has 0 bridgehead atoms. The second-order valence-corrected chi connectivity index (χ2v) is 5.08. The smallest absolute Gasteiger partial charge is 0.326 e. The van der Waals surface area contributed by atoms with Crippen molar-refractivity contribution in [1.82, 2.24) is 14.7 Å². The average molecular weight is 275 g/mol. The summed E-state index contributed by atoms with van der Waals surface area (Å²) in [6.07, 6.45) is 3.39. The number of aryl methyl sites for hydroxylation is 1. The number of pyridine rings is 1. The Labute approximate surface area is 116 Å². The molecule has 0 aliphatic heterocycles. The van der Waals surface area contributed by atoms with Crippen molar-refractivity contribution in [3.8, 4) is 0 Å². The lowest BCUT2D eigenvalue weighted by Crippen LogP contribution is -2.44. The molecule has 6 heteroatoms. The van der Waals surface area contributed by atoms with Gasteiger partial charge in [-0.1, -0.05) is 19.9 Å². The zero-order valence-corrected chi connectivity index (χ0v) is 11.6. The molecule has 1 unspecified atom stereocenters. The summed E-state index contributed by atoms with van der Waals surface area (Å²) in [4.78, 5) is 27.4. The summed E-state index contributed by atoms with van der Waals surface area (Å²) in [6.45, 7) is 5.39. The normalized spacial score (nSPS) is 12.6. The number of carbonyl (C=O) groups excluding carboxylic acids is 1. The molecule has 0 aliphatic carbocycles. The van der Waals surface area contributed by atoms with Gasteiger partial charge in [0.2, 0.25) is 0 Å². The molecule has 1 amide bonds. The molecule has 6 nitrogen and oxygen atoms in total. The summed E-state index contributed by atoms with van der Waals surface area (Å²) in [6, 6.07) is 2.84. The predicted octanol–water partition coefficient (Wildman–Crippen LogP) is 1.48. The average Bonchev–Trinajstić information content (AvgIpc) is 2.80. The monoisotopic (exact) mass is 275 g/mol. The third-order valence-corrected chi connectivity index (χ3v) is 3.13. The fourth-order valence-electron chi connectivity index (χ4n) is 1.99. The van der Waals surface area contributed by atoms with E-state index in [0.717, 1.165) is 5.56 Å². The Morgan fingerprint density at radius 3 is 2.65 bits per heavy atom. The number of hydrogen-bond donors (Lipinski definition) is 2. The first-order valence-electron chi connectivity index (χ1n) is 6.38. The molecule has 0 radical (unpaired) electrons. The highest BCUT2D eigenvalue weighted by atomic mass is 16.4. The van der Waals surface area contributed by atoms with E-state index >= 15 is 0 Å². The van der Waals surface area contributed by atoms with E-state index < -0.39 is 17.9 Å². The van der Waals surface area contributed by atoms with Gasteiger partial charge in [0.1, 0.15) is 17.4 Å². The molecule has 0 spiro atoms. The highest BCUT2D eigenvalue weighted by Crippen LogP contribution is 2.11. The lowest BCUT2D eigenvalue weighted by Gasteiger charge is -2.16. The van der Waals surface area contributed by atoms with E-state index in [4.69, 9.17) is 5.11 Å². The zero-order valence-electron chi connectivity index (χ0n) is 11.6. The van der Waals surface area contributed by atoms with Crippen molar-refractivity contribution < 1.29 is 14.7 Å². The van der Waals surface area contributed by atoms with Gasteiger partial charge in [-0.05, 0) is 24.5 Å². The van der Waals surface area contributed by atoms with Crippen LogP contribution in [-0.4, -0.2) is 32.4 Å². The first-order chi connectivity index (χ1) is 9.40. The second kappa shape index (κ2) is 5.32. The molecule has 106 valence electrons. The SMILES string of the molecule is Cc1cccn2cc(C(=O)NC(C(=O)O)C(C)C)nc12. The molecule has 0 fully saturated rings. The van der Waals surface area contributed by atoms with Crippen molar-refractivity contribution in [2.45, 2.75) is 26.8 Å². The molecule has 2 aromatic heterocycles. The summed E-state index contributed by atoms with van der Waals surface area (Å²) in [5.74, 6) is -1.72. The van der Waals surface area contributed by atoms with Gasteiger partial charge in [0.25, 0.3) is 5.91 Å². The molecule has 0 saturated carbocycles. The Morgan fingerprint density at radius 2 is 2.10 bits per heavy atom. The van der Waals surface area contributed by atoms with Gasteiger partial charge in [0.05, 0.1) is 0 Å². The fraction of sp³-hybridized carbons (Fsp3) is 0.357. The number of fused-ring (bicyclic) bond motifs is 1. The Bertz CT molecular complexity index is 661. The summed E-state index contributed by atoms with van der Waals surface area (Å²) in [5.41, 5.74) is 1.85. The minimum Gasteiger partial charge on any atom is -0.480 e. The lowest BCUT2D eigenvalue weighted by molar-refractivity contribution is -0.140. The number of carboxylic acids is 1. The molecule has 20 heavy (non-hydrogen) atoms.